The Morgan fingerprint density at radius 3 is 2.38 bits per heavy atom. The monoisotopic (exact) mass is 353 g/mol. The summed E-state index contributed by atoms with van der Waals surface area (Å²) in [5.41, 5.74) is 7.61. The van der Waals surface area contributed by atoms with Gasteiger partial charge in [-0.05, 0) is 61.8 Å². The lowest BCUT2D eigenvalue weighted by atomic mass is 9.86. The Morgan fingerprint density at radius 2 is 1.69 bits per heavy atom. The average molecular weight is 353 g/mol. The number of likely N-dealkylation sites (N-methyl/N-ethyl adjacent to an activating group) is 2. The zero-order valence-electron chi connectivity index (χ0n) is 17.7. The van der Waals surface area contributed by atoms with Crippen LogP contribution in [0.4, 0.5) is 0 Å². The van der Waals surface area contributed by atoms with E-state index in [2.05, 4.69) is 75.7 Å². The third kappa shape index (κ3) is 4.11. The molecule has 1 aromatic carbocycles. The minimum Gasteiger partial charge on any atom is -0.375 e. The highest BCUT2D eigenvalue weighted by Crippen LogP contribution is 2.27. The van der Waals surface area contributed by atoms with Crippen molar-refractivity contribution in [3.63, 3.8) is 0 Å². The van der Waals surface area contributed by atoms with Gasteiger partial charge in [-0.3, -0.25) is 4.90 Å². The van der Waals surface area contributed by atoms with Crippen LogP contribution in [0.25, 0.3) is 0 Å². The van der Waals surface area contributed by atoms with Crippen LogP contribution in [-0.4, -0.2) is 68.9 Å². The number of hydrogen-bond acceptors (Lipinski definition) is 3. The fourth-order valence-corrected chi connectivity index (χ4v) is 4.43. The van der Waals surface area contributed by atoms with Crippen LogP contribution in [0.2, 0.25) is 6.32 Å². The molecule has 26 heavy (non-hydrogen) atoms. The van der Waals surface area contributed by atoms with Gasteiger partial charge in [-0.25, -0.2) is 0 Å². The number of likely N-dealkylation sites (tertiary alicyclic amines) is 1. The van der Waals surface area contributed by atoms with E-state index in [4.69, 9.17) is 0 Å². The third-order valence-electron chi connectivity index (χ3n) is 6.53. The lowest BCUT2D eigenvalue weighted by Crippen LogP contribution is -2.51. The fraction of sp³-hybridized carbons (Fsp3) is 0.636. The first-order valence-electron chi connectivity index (χ1n) is 10.3. The Hall–Kier alpha value is -1.42. The lowest BCUT2D eigenvalue weighted by molar-refractivity contribution is 0.0965. The quantitative estimate of drug-likeness (QED) is 0.728. The van der Waals surface area contributed by atoms with Crippen molar-refractivity contribution in [3.05, 3.63) is 46.3 Å². The van der Waals surface area contributed by atoms with Crippen molar-refractivity contribution in [3.8, 4) is 0 Å². The number of benzene rings is 1. The molecule has 0 bridgehead atoms. The largest absolute Gasteiger partial charge is 0.375 e. The van der Waals surface area contributed by atoms with Crippen LogP contribution in [-0.2, 0) is 12.8 Å². The molecule has 0 N–H and O–H groups in total. The van der Waals surface area contributed by atoms with Gasteiger partial charge in [0.2, 0.25) is 0 Å². The van der Waals surface area contributed by atoms with Crippen LogP contribution in [0.15, 0.2) is 24.0 Å². The highest BCUT2D eigenvalue weighted by Gasteiger charge is 2.29. The van der Waals surface area contributed by atoms with Crippen molar-refractivity contribution >= 4 is 7.85 Å². The lowest BCUT2D eigenvalue weighted by Gasteiger charge is -2.44. The molecule has 0 saturated carbocycles. The number of aryl methyl sites for hydroxylation is 1. The van der Waals surface area contributed by atoms with Crippen molar-refractivity contribution in [1.29, 1.82) is 0 Å². The fourth-order valence-electron chi connectivity index (χ4n) is 4.43. The molecular formula is C22H36BN3. The van der Waals surface area contributed by atoms with Crippen LogP contribution in [0.3, 0.4) is 0 Å². The van der Waals surface area contributed by atoms with E-state index < -0.39 is 0 Å². The summed E-state index contributed by atoms with van der Waals surface area (Å²) in [6.45, 7) is 11.6. The van der Waals surface area contributed by atoms with Gasteiger partial charge in [0.25, 0.3) is 0 Å². The molecule has 1 saturated heterocycles. The van der Waals surface area contributed by atoms with E-state index in [1.165, 1.54) is 54.6 Å². The molecule has 3 nitrogen and oxygen atoms in total. The molecule has 2 aliphatic heterocycles. The third-order valence-corrected chi connectivity index (χ3v) is 6.53. The van der Waals surface area contributed by atoms with Gasteiger partial charge < -0.3 is 9.80 Å². The SMILES string of the molecule is BCCc1ccc(CC2CN(CC3=CN(C)C(C)CN3C)C2)c(C)c1C. The predicted octanol–water partition coefficient (Wildman–Crippen LogP) is 2.48. The van der Waals surface area contributed by atoms with Gasteiger partial charge in [-0.15, -0.1) is 0 Å². The Bertz CT molecular complexity index is 664. The number of nitrogens with zero attached hydrogens (tertiary/aromatic N) is 3. The van der Waals surface area contributed by atoms with Crippen LogP contribution in [0, 0.1) is 19.8 Å². The van der Waals surface area contributed by atoms with Crippen molar-refractivity contribution in [2.45, 2.75) is 46.0 Å². The minimum absolute atomic E-state index is 0.606. The van der Waals surface area contributed by atoms with Crippen LogP contribution in [0.5, 0.6) is 0 Å². The van der Waals surface area contributed by atoms with Gasteiger partial charge in [-0.2, -0.15) is 0 Å². The van der Waals surface area contributed by atoms with E-state index in [0.29, 0.717) is 6.04 Å². The first-order chi connectivity index (χ1) is 12.4. The first-order valence-corrected chi connectivity index (χ1v) is 10.3. The molecule has 2 aliphatic rings. The van der Waals surface area contributed by atoms with Crippen molar-refractivity contribution in [2.75, 3.05) is 40.3 Å². The highest BCUT2D eigenvalue weighted by atomic mass is 15.3. The van der Waals surface area contributed by atoms with E-state index in [1.807, 2.05) is 0 Å². The summed E-state index contributed by atoms with van der Waals surface area (Å²) in [5, 5.41) is 0. The number of hydrogen-bond donors (Lipinski definition) is 0. The summed E-state index contributed by atoms with van der Waals surface area (Å²) in [4.78, 5) is 7.39. The van der Waals surface area contributed by atoms with Crippen molar-refractivity contribution in [1.82, 2.24) is 14.7 Å². The molecule has 1 fully saturated rings. The molecule has 4 heteroatoms. The molecule has 0 spiro atoms. The Balaban J connectivity index is 1.53. The zero-order valence-corrected chi connectivity index (χ0v) is 17.7. The van der Waals surface area contributed by atoms with Gasteiger partial charge in [0.05, 0.1) is 0 Å². The molecular weight excluding hydrogens is 317 g/mol. The molecule has 0 amide bonds. The maximum Gasteiger partial charge on any atom is 0.101 e. The summed E-state index contributed by atoms with van der Waals surface area (Å²) in [5.74, 6) is 0.816. The van der Waals surface area contributed by atoms with Gasteiger partial charge in [0, 0.05) is 58.2 Å². The summed E-state index contributed by atoms with van der Waals surface area (Å²) in [7, 11) is 6.70. The molecule has 1 atom stereocenters. The topological polar surface area (TPSA) is 9.72 Å². The molecule has 2 heterocycles. The van der Waals surface area contributed by atoms with Crippen molar-refractivity contribution in [2.24, 2.45) is 5.92 Å². The van der Waals surface area contributed by atoms with Gasteiger partial charge in [-0.1, -0.05) is 18.5 Å². The molecule has 1 unspecified atom stereocenters. The molecule has 0 radical (unpaired) electrons. The van der Waals surface area contributed by atoms with Crippen molar-refractivity contribution < 1.29 is 0 Å². The van der Waals surface area contributed by atoms with E-state index in [0.717, 1.165) is 19.0 Å². The second-order valence-electron chi connectivity index (χ2n) is 8.66. The summed E-state index contributed by atoms with van der Waals surface area (Å²) >= 11 is 0. The predicted molar refractivity (Wildman–Crippen MR) is 115 cm³/mol. The highest BCUT2D eigenvalue weighted by molar-refractivity contribution is 6.08. The smallest absolute Gasteiger partial charge is 0.101 e. The Labute approximate surface area is 161 Å². The summed E-state index contributed by atoms with van der Waals surface area (Å²) in [6, 6.07) is 5.37. The Kier molecular flexibility index (Phi) is 6.01. The van der Waals surface area contributed by atoms with Gasteiger partial charge >= 0.3 is 0 Å². The summed E-state index contributed by atoms with van der Waals surface area (Å²) < 4.78 is 0. The summed E-state index contributed by atoms with van der Waals surface area (Å²) in [6.07, 6.45) is 6.01. The molecule has 3 rings (SSSR count). The van der Waals surface area contributed by atoms with Crippen LogP contribution >= 0.6 is 0 Å². The minimum atomic E-state index is 0.606. The van der Waals surface area contributed by atoms with Gasteiger partial charge in [0.15, 0.2) is 0 Å². The first kappa shape index (κ1) is 19.3. The van der Waals surface area contributed by atoms with Crippen LogP contribution < -0.4 is 0 Å². The standard InChI is InChI=1S/C22H36BN3/c1-16-11-25(5)22(14-24(16)4)15-26-12-19(13-26)10-21-7-6-20(8-9-23)17(2)18(21)3/h6-7,14,16,19H,8-13,15,23H2,1-5H3. The second kappa shape index (κ2) is 8.08. The van der Waals surface area contributed by atoms with E-state index >= 15 is 0 Å². The Morgan fingerprint density at radius 1 is 1.04 bits per heavy atom. The molecule has 0 aromatic heterocycles. The van der Waals surface area contributed by atoms with E-state index in [-0.39, 0.29) is 0 Å². The van der Waals surface area contributed by atoms with E-state index in [9.17, 15) is 0 Å². The average Bonchev–Trinajstić information content (AvgIpc) is 2.56. The van der Waals surface area contributed by atoms with E-state index in [1.54, 1.807) is 5.56 Å². The molecule has 0 aliphatic carbocycles. The second-order valence-corrected chi connectivity index (χ2v) is 8.66. The maximum atomic E-state index is 2.60. The number of rotatable bonds is 6. The molecule has 142 valence electrons. The maximum absolute atomic E-state index is 2.60. The molecule has 1 aromatic rings. The zero-order chi connectivity index (χ0) is 18.8. The van der Waals surface area contributed by atoms with Crippen LogP contribution in [0.1, 0.15) is 29.2 Å². The van der Waals surface area contributed by atoms with Gasteiger partial charge in [0.1, 0.15) is 7.85 Å². The normalized spacial score (nSPS) is 21.7.